The van der Waals surface area contributed by atoms with Gasteiger partial charge in [-0.2, -0.15) is 0 Å². The molecule has 0 aliphatic carbocycles. The Labute approximate surface area is 82.9 Å². The van der Waals surface area contributed by atoms with Crippen molar-refractivity contribution in [3.8, 4) is 5.75 Å². The molecule has 1 aromatic carbocycles. The first kappa shape index (κ1) is 10.2. The summed E-state index contributed by atoms with van der Waals surface area (Å²) in [6.07, 6.45) is 0. The van der Waals surface area contributed by atoms with Crippen LogP contribution < -0.4 is 10.2 Å². The van der Waals surface area contributed by atoms with E-state index in [1.807, 2.05) is 21.1 Å². The van der Waals surface area contributed by atoms with Crippen molar-refractivity contribution in [2.75, 3.05) is 26.9 Å². The number of quaternary nitrogens is 1. The Hall–Kier alpha value is -0.930. The standard InChI is InChI=1S/C9H13ClN2O/c1-12(2,3)6-4-7(10)9(13)8(11)5-6/h4-5H,11H2,1-3H3/p+1. The van der Waals surface area contributed by atoms with Crippen LogP contribution in [-0.4, -0.2) is 26.2 Å². The summed E-state index contributed by atoms with van der Waals surface area (Å²) in [5.41, 5.74) is 6.85. The monoisotopic (exact) mass is 201 g/mol. The summed E-state index contributed by atoms with van der Waals surface area (Å²) < 4.78 is 0.615. The first-order valence-corrected chi connectivity index (χ1v) is 4.30. The Kier molecular flexibility index (Phi) is 2.41. The fourth-order valence-corrected chi connectivity index (χ4v) is 1.21. The lowest BCUT2D eigenvalue weighted by Gasteiger charge is -2.24. The molecule has 0 saturated carbocycles. The zero-order valence-electron chi connectivity index (χ0n) is 8.00. The minimum atomic E-state index is -0.0427. The maximum absolute atomic E-state index is 9.33. The molecular formula is C9H14ClN2O+. The lowest BCUT2D eigenvalue weighted by atomic mass is 10.2. The number of halogens is 1. The maximum atomic E-state index is 9.33. The van der Waals surface area contributed by atoms with Crippen LogP contribution >= 0.6 is 11.6 Å². The molecule has 3 nitrogen and oxygen atoms in total. The zero-order chi connectivity index (χ0) is 10.2. The van der Waals surface area contributed by atoms with Gasteiger partial charge in [0.2, 0.25) is 0 Å². The molecular weight excluding hydrogens is 188 g/mol. The third-order valence-electron chi connectivity index (χ3n) is 1.85. The van der Waals surface area contributed by atoms with Crippen molar-refractivity contribution in [1.82, 2.24) is 4.48 Å². The molecule has 0 atom stereocenters. The molecule has 0 unspecified atom stereocenters. The van der Waals surface area contributed by atoms with Crippen LogP contribution in [0.5, 0.6) is 5.75 Å². The van der Waals surface area contributed by atoms with Gasteiger partial charge in [0.15, 0.2) is 5.75 Å². The number of nitrogens with two attached hydrogens (primary N) is 1. The molecule has 0 aliphatic rings. The highest BCUT2D eigenvalue weighted by Crippen LogP contribution is 2.35. The van der Waals surface area contributed by atoms with Crippen molar-refractivity contribution in [2.45, 2.75) is 0 Å². The Balaban J connectivity index is 3.29. The number of rotatable bonds is 1. The summed E-state index contributed by atoms with van der Waals surface area (Å²) in [5, 5.41) is 9.63. The lowest BCUT2D eigenvalue weighted by molar-refractivity contribution is 0.471. The van der Waals surface area contributed by atoms with Crippen molar-refractivity contribution in [3.05, 3.63) is 17.2 Å². The van der Waals surface area contributed by atoms with Crippen LogP contribution in [0.3, 0.4) is 0 Å². The van der Waals surface area contributed by atoms with Crippen LogP contribution in [0, 0.1) is 0 Å². The van der Waals surface area contributed by atoms with Gasteiger partial charge in [-0.3, -0.25) is 4.48 Å². The predicted octanol–water partition coefficient (Wildman–Crippen LogP) is 1.82. The van der Waals surface area contributed by atoms with Gasteiger partial charge in [-0.25, -0.2) is 0 Å². The van der Waals surface area contributed by atoms with E-state index >= 15 is 0 Å². The van der Waals surface area contributed by atoms with Gasteiger partial charge in [-0.05, 0) is 0 Å². The molecule has 4 heteroatoms. The van der Waals surface area contributed by atoms with Crippen LogP contribution in [0.15, 0.2) is 12.1 Å². The van der Waals surface area contributed by atoms with Crippen LogP contribution in [0.2, 0.25) is 5.02 Å². The maximum Gasteiger partial charge on any atom is 0.157 e. The van der Waals surface area contributed by atoms with Gasteiger partial charge in [0.05, 0.1) is 31.9 Å². The van der Waals surface area contributed by atoms with Gasteiger partial charge in [0.25, 0.3) is 0 Å². The Morgan fingerprint density at radius 2 is 1.85 bits per heavy atom. The van der Waals surface area contributed by atoms with Gasteiger partial charge in [0.1, 0.15) is 5.69 Å². The van der Waals surface area contributed by atoms with Crippen molar-refractivity contribution < 1.29 is 5.11 Å². The summed E-state index contributed by atoms with van der Waals surface area (Å²) in [7, 11) is 6.01. The molecule has 0 amide bonds. The van der Waals surface area contributed by atoms with Crippen molar-refractivity contribution >= 4 is 23.0 Å². The molecule has 13 heavy (non-hydrogen) atoms. The normalized spacial score (nSPS) is 11.7. The van der Waals surface area contributed by atoms with Crippen LogP contribution in [-0.2, 0) is 0 Å². The van der Waals surface area contributed by atoms with E-state index in [9.17, 15) is 5.11 Å². The second kappa shape index (κ2) is 3.09. The molecule has 1 rings (SSSR count). The number of phenols is 1. The Morgan fingerprint density at radius 1 is 1.31 bits per heavy atom. The number of anilines is 1. The van der Waals surface area contributed by atoms with Gasteiger partial charge in [-0.1, -0.05) is 11.6 Å². The van der Waals surface area contributed by atoms with E-state index in [0.717, 1.165) is 5.69 Å². The predicted molar refractivity (Wildman–Crippen MR) is 57.1 cm³/mol. The number of hydrogen-bond acceptors (Lipinski definition) is 2. The Morgan fingerprint density at radius 3 is 2.23 bits per heavy atom. The number of nitrogens with zero attached hydrogens (tertiary/aromatic N) is 1. The van der Waals surface area contributed by atoms with Crippen LogP contribution in [0.4, 0.5) is 11.4 Å². The number of nitrogen functional groups attached to an aromatic ring is 1. The average molecular weight is 202 g/mol. The van der Waals surface area contributed by atoms with Gasteiger partial charge in [-0.15, -0.1) is 0 Å². The summed E-state index contributed by atoms with van der Waals surface area (Å²) in [4.78, 5) is 0. The minimum absolute atomic E-state index is 0.0427. The minimum Gasteiger partial charge on any atom is -0.504 e. The fourth-order valence-electron chi connectivity index (χ4n) is 0.993. The first-order chi connectivity index (χ1) is 5.82. The molecule has 0 aliphatic heterocycles. The topological polar surface area (TPSA) is 46.2 Å². The lowest BCUT2D eigenvalue weighted by Crippen LogP contribution is -2.34. The number of benzene rings is 1. The molecule has 0 saturated heterocycles. The largest absolute Gasteiger partial charge is 0.504 e. The number of aromatic hydroxyl groups is 1. The summed E-state index contributed by atoms with van der Waals surface area (Å²) in [6, 6.07) is 3.44. The van der Waals surface area contributed by atoms with E-state index in [1.54, 1.807) is 12.1 Å². The molecule has 3 N–H and O–H groups in total. The van der Waals surface area contributed by atoms with Crippen molar-refractivity contribution in [3.63, 3.8) is 0 Å². The molecule has 0 spiro atoms. The molecule has 0 heterocycles. The van der Waals surface area contributed by atoms with Crippen molar-refractivity contribution in [1.29, 1.82) is 0 Å². The molecule has 72 valence electrons. The fraction of sp³-hybridized carbons (Fsp3) is 0.333. The second-order valence-electron chi connectivity index (χ2n) is 3.88. The van der Waals surface area contributed by atoms with E-state index < -0.39 is 0 Å². The quantitative estimate of drug-likeness (QED) is 0.414. The molecule has 0 fully saturated rings. The van der Waals surface area contributed by atoms with Gasteiger partial charge in [0, 0.05) is 12.1 Å². The molecule has 0 radical (unpaired) electrons. The van der Waals surface area contributed by atoms with Crippen molar-refractivity contribution in [2.24, 2.45) is 0 Å². The highest BCUT2D eigenvalue weighted by atomic mass is 35.5. The van der Waals surface area contributed by atoms with Crippen LogP contribution in [0.1, 0.15) is 0 Å². The average Bonchev–Trinajstić information content (AvgIpc) is 1.97. The van der Waals surface area contributed by atoms with Gasteiger partial charge < -0.3 is 10.8 Å². The van der Waals surface area contributed by atoms with E-state index in [-0.39, 0.29) is 5.75 Å². The Bertz CT molecular complexity index is 308. The number of hydrogen-bond donors (Lipinski definition) is 2. The molecule has 0 aromatic heterocycles. The highest BCUT2D eigenvalue weighted by Gasteiger charge is 2.16. The van der Waals surface area contributed by atoms with Gasteiger partial charge >= 0.3 is 0 Å². The van der Waals surface area contributed by atoms with E-state index in [2.05, 4.69) is 0 Å². The van der Waals surface area contributed by atoms with E-state index in [0.29, 0.717) is 15.2 Å². The SMILES string of the molecule is C[N+](C)(C)c1cc(N)c(O)c(Cl)c1. The third kappa shape index (κ3) is 2.05. The summed E-state index contributed by atoms with van der Waals surface area (Å²) in [5.74, 6) is -0.0427. The molecule has 1 aromatic rings. The van der Waals surface area contributed by atoms with Crippen LogP contribution in [0.25, 0.3) is 0 Å². The van der Waals surface area contributed by atoms with E-state index in [1.165, 1.54) is 0 Å². The zero-order valence-corrected chi connectivity index (χ0v) is 8.76. The second-order valence-corrected chi connectivity index (χ2v) is 4.29. The summed E-state index contributed by atoms with van der Waals surface area (Å²) >= 11 is 5.79. The third-order valence-corrected chi connectivity index (χ3v) is 2.14. The smallest absolute Gasteiger partial charge is 0.157 e. The summed E-state index contributed by atoms with van der Waals surface area (Å²) in [6.45, 7) is 0. The first-order valence-electron chi connectivity index (χ1n) is 3.92. The molecule has 0 bridgehead atoms. The number of phenolic OH excluding ortho intramolecular Hbond substituents is 1. The highest BCUT2D eigenvalue weighted by molar-refractivity contribution is 6.32. The van der Waals surface area contributed by atoms with E-state index in [4.69, 9.17) is 17.3 Å².